The standard InChI is InChI=1S/C11H10Cl2N4O/c1-2-17-6-8(5-15-17)16-11(18)7-3-9(12)10(13)14-4-7/h3-6H,2H2,1H3,(H,16,18). The van der Waals surface area contributed by atoms with Crippen LogP contribution in [0.4, 0.5) is 5.69 Å². The average Bonchev–Trinajstić information content (AvgIpc) is 2.80. The Kier molecular flexibility index (Phi) is 3.84. The fourth-order valence-corrected chi connectivity index (χ4v) is 1.62. The molecule has 0 radical (unpaired) electrons. The number of carbonyl (C=O) groups excluding carboxylic acids is 1. The number of amides is 1. The average molecular weight is 285 g/mol. The van der Waals surface area contributed by atoms with Gasteiger partial charge in [-0.25, -0.2) is 4.98 Å². The predicted molar refractivity (Wildman–Crippen MR) is 70.1 cm³/mol. The SMILES string of the molecule is CCn1cc(NC(=O)c2cnc(Cl)c(Cl)c2)cn1. The highest BCUT2D eigenvalue weighted by atomic mass is 35.5. The van der Waals surface area contributed by atoms with Gasteiger partial charge in [-0.2, -0.15) is 5.10 Å². The van der Waals surface area contributed by atoms with Crippen molar-refractivity contribution in [1.29, 1.82) is 0 Å². The van der Waals surface area contributed by atoms with E-state index in [0.29, 0.717) is 11.3 Å². The molecule has 0 aliphatic carbocycles. The Hall–Kier alpha value is -1.59. The van der Waals surface area contributed by atoms with Crippen LogP contribution in [-0.2, 0) is 6.54 Å². The van der Waals surface area contributed by atoms with Crippen molar-refractivity contribution in [3.63, 3.8) is 0 Å². The fourth-order valence-electron chi connectivity index (χ4n) is 1.35. The number of rotatable bonds is 3. The minimum Gasteiger partial charge on any atom is -0.319 e. The number of nitrogens with zero attached hydrogens (tertiary/aromatic N) is 3. The van der Waals surface area contributed by atoms with Crippen molar-refractivity contribution in [2.24, 2.45) is 0 Å². The lowest BCUT2D eigenvalue weighted by Crippen LogP contribution is -2.11. The molecule has 0 saturated heterocycles. The van der Waals surface area contributed by atoms with Gasteiger partial charge in [0.15, 0.2) is 0 Å². The Labute approximate surface area is 114 Å². The third-order valence-corrected chi connectivity index (χ3v) is 2.96. The van der Waals surface area contributed by atoms with Gasteiger partial charge in [-0.3, -0.25) is 9.48 Å². The highest BCUT2D eigenvalue weighted by molar-refractivity contribution is 6.41. The third-order valence-electron chi connectivity index (χ3n) is 2.27. The summed E-state index contributed by atoms with van der Waals surface area (Å²) in [6.45, 7) is 2.70. The predicted octanol–water partition coefficient (Wildman–Crippen LogP) is 2.86. The van der Waals surface area contributed by atoms with Crippen LogP contribution < -0.4 is 5.32 Å². The Bertz CT molecular complexity index is 582. The number of aromatic nitrogens is 3. The molecule has 7 heteroatoms. The quantitative estimate of drug-likeness (QED) is 0.882. The van der Waals surface area contributed by atoms with Crippen molar-refractivity contribution in [3.05, 3.63) is 40.4 Å². The molecule has 0 atom stereocenters. The van der Waals surface area contributed by atoms with Gasteiger partial charge in [-0.15, -0.1) is 0 Å². The van der Waals surface area contributed by atoms with Crippen LogP contribution in [0.1, 0.15) is 17.3 Å². The second-order valence-corrected chi connectivity index (χ2v) is 4.30. The molecule has 0 aliphatic heterocycles. The Morgan fingerprint density at radius 3 is 2.83 bits per heavy atom. The molecule has 0 fully saturated rings. The number of carbonyl (C=O) groups is 1. The van der Waals surface area contributed by atoms with Gasteiger partial charge in [-0.05, 0) is 13.0 Å². The van der Waals surface area contributed by atoms with Crippen LogP contribution in [0, 0.1) is 0 Å². The summed E-state index contributed by atoms with van der Waals surface area (Å²) in [6, 6.07) is 1.47. The minimum atomic E-state index is -0.309. The largest absolute Gasteiger partial charge is 0.319 e. The number of anilines is 1. The van der Waals surface area contributed by atoms with Gasteiger partial charge in [0, 0.05) is 18.9 Å². The minimum absolute atomic E-state index is 0.173. The van der Waals surface area contributed by atoms with Crippen LogP contribution in [0.3, 0.4) is 0 Å². The van der Waals surface area contributed by atoms with Crippen LogP contribution in [0.15, 0.2) is 24.7 Å². The van der Waals surface area contributed by atoms with E-state index >= 15 is 0 Å². The van der Waals surface area contributed by atoms with E-state index in [1.165, 1.54) is 12.3 Å². The Balaban J connectivity index is 2.14. The van der Waals surface area contributed by atoms with Crippen LogP contribution in [-0.4, -0.2) is 20.7 Å². The number of aryl methyl sites for hydroxylation is 1. The Morgan fingerprint density at radius 1 is 1.44 bits per heavy atom. The van der Waals surface area contributed by atoms with E-state index in [4.69, 9.17) is 23.2 Å². The molecule has 2 heterocycles. The van der Waals surface area contributed by atoms with E-state index < -0.39 is 0 Å². The van der Waals surface area contributed by atoms with Crippen molar-refractivity contribution < 1.29 is 4.79 Å². The summed E-state index contributed by atoms with van der Waals surface area (Å²) < 4.78 is 1.71. The molecule has 5 nitrogen and oxygen atoms in total. The van der Waals surface area contributed by atoms with Gasteiger partial charge >= 0.3 is 0 Å². The van der Waals surface area contributed by atoms with Gasteiger partial charge in [0.05, 0.1) is 22.5 Å². The molecule has 1 amide bonds. The summed E-state index contributed by atoms with van der Waals surface area (Å²) in [5.41, 5.74) is 0.960. The van der Waals surface area contributed by atoms with Crippen LogP contribution >= 0.6 is 23.2 Å². The van der Waals surface area contributed by atoms with Gasteiger partial charge in [0.25, 0.3) is 5.91 Å². The number of hydrogen-bond acceptors (Lipinski definition) is 3. The summed E-state index contributed by atoms with van der Waals surface area (Å²) in [7, 11) is 0. The highest BCUT2D eigenvalue weighted by Crippen LogP contribution is 2.20. The molecule has 0 spiro atoms. The summed E-state index contributed by atoms with van der Waals surface area (Å²) in [6.07, 6.45) is 4.68. The molecular formula is C11H10Cl2N4O. The Morgan fingerprint density at radius 2 is 2.22 bits per heavy atom. The van der Waals surface area contributed by atoms with Gasteiger partial charge < -0.3 is 5.32 Å². The second kappa shape index (κ2) is 5.37. The zero-order valence-electron chi connectivity index (χ0n) is 9.52. The molecule has 0 aromatic carbocycles. The first-order valence-corrected chi connectivity index (χ1v) is 6.00. The number of nitrogens with one attached hydrogen (secondary N) is 1. The second-order valence-electron chi connectivity index (χ2n) is 3.54. The maximum Gasteiger partial charge on any atom is 0.257 e. The first-order chi connectivity index (χ1) is 8.60. The van der Waals surface area contributed by atoms with E-state index in [2.05, 4.69) is 15.4 Å². The fraction of sp³-hybridized carbons (Fsp3) is 0.182. The van der Waals surface area contributed by atoms with Gasteiger partial charge in [0.2, 0.25) is 0 Å². The molecule has 0 unspecified atom stereocenters. The maximum absolute atomic E-state index is 11.9. The molecule has 2 aromatic rings. The van der Waals surface area contributed by atoms with E-state index in [1.54, 1.807) is 17.1 Å². The van der Waals surface area contributed by atoms with Gasteiger partial charge in [0.1, 0.15) is 5.15 Å². The molecule has 0 bridgehead atoms. The van der Waals surface area contributed by atoms with Crippen molar-refractivity contribution in [1.82, 2.24) is 14.8 Å². The molecule has 2 aromatic heterocycles. The van der Waals surface area contributed by atoms with Crippen LogP contribution in [0.2, 0.25) is 10.2 Å². The molecule has 2 rings (SSSR count). The molecule has 1 N–H and O–H groups in total. The first-order valence-electron chi connectivity index (χ1n) is 5.25. The maximum atomic E-state index is 11.9. The van der Waals surface area contributed by atoms with Crippen molar-refractivity contribution in [3.8, 4) is 0 Å². The van der Waals surface area contributed by atoms with Gasteiger partial charge in [-0.1, -0.05) is 23.2 Å². The van der Waals surface area contributed by atoms with E-state index in [9.17, 15) is 4.79 Å². The van der Waals surface area contributed by atoms with E-state index in [-0.39, 0.29) is 16.1 Å². The van der Waals surface area contributed by atoms with E-state index in [0.717, 1.165) is 6.54 Å². The zero-order chi connectivity index (χ0) is 13.1. The number of pyridine rings is 1. The summed E-state index contributed by atoms with van der Waals surface area (Å²) >= 11 is 11.5. The first kappa shape index (κ1) is 12.9. The molecule has 0 saturated carbocycles. The molecule has 94 valence electrons. The topological polar surface area (TPSA) is 59.8 Å². The lowest BCUT2D eigenvalue weighted by atomic mass is 10.2. The smallest absolute Gasteiger partial charge is 0.257 e. The highest BCUT2D eigenvalue weighted by Gasteiger charge is 2.10. The summed E-state index contributed by atoms with van der Waals surface area (Å²) in [4.78, 5) is 15.7. The van der Waals surface area contributed by atoms with E-state index in [1.807, 2.05) is 6.92 Å². The van der Waals surface area contributed by atoms with Crippen molar-refractivity contribution in [2.75, 3.05) is 5.32 Å². The monoisotopic (exact) mass is 284 g/mol. The number of halogens is 2. The third kappa shape index (κ3) is 2.80. The summed E-state index contributed by atoms with van der Waals surface area (Å²) in [5, 5.41) is 7.17. The molecular weight excluding hydrogens is 275 g/mol. The normalized spacial score (nSPS) is 10.4. The molecule has 0 aliphatic rings. The van der Waals surface area contributed by atoms with Crippen molar-refractivity contribution in [2.45, 2.75) is 13.5 Å². The molecule has 18 heavy (non-hydrogen) atoms. The summed E-state index contributed by atoms with van der Waals surface area (Å²) in [5.74, 6) is -0.309. The zero-order valence-corrected chi connectivity index (χ0v) is 11.0. The van der Waals surface area contributed by atoms with Crippen LogP contribution in [0.25, 0.3) is 0 Å². The lowest BCUT2D eigenvalue weighted by Gasteiger charge is -2.03. The number of hydrogen-bond donors (Lipinski definition) is 1. The van der Waals surface area contributed by atoms with Crippen molar-refractivity contribution >= 4 is 34.8 Å². The lowest BCUT2D eigenvalue weighted by molar-refractivity contribution is 0.102. The van der Waals surface area contributed by atoms with Crippen LogP contribution in [0.5, 0.6) is 0 Å².